The molecule has 1 amide bonds. The summed E-state index contributed by atoms with van der Waals surface area (Å²) in [7, 11) is 0. The molecule has 0 radical (unpaired) electrons. The van der Waals surface area contributed by atoms with E-state index in [4.69, 9.17) is 4.74 Å². The molecule has 0 saturated carbocycles. The molecule has 2 aliphatic rings. The van der Waals surface area contributed by atoms with Crippen LogP contribution in [0.15, 0.2) is 0 Å². The average molecular weight is 226 g/mol. The fraction of sp³-hybridized carbons (Fsp3) is 0.917. The summed E-state index contributed by atoms with van der Waals surface area (Å²) in [6.45, 7) is 5.25. The molecular weight excluding hydrogens is 204 g/mol. The normalized spacial score (nSPS) is 31.4. The molecule has 2 fully saturated rings. The third-order valence-corrected chi connectivity index (χ3v) is 3.59. The zero-order valence-electron chi connectivity index (χ0n) is 10.1. The van der Waals surface area contributed by atoms with Crippen molar-refractivity contribution >= 4 is 5.91 Å². The van der Waals surface area contributed by atoms with Crippen LogP contribution in [0.1, 0.15) is 32.6 Å². The minimum atomic E-state index is 0.0564. The smallest absolute Gasteiger partial charge is 0.240 e. The number of ether oxygens (including phenoxy) is 1. The molecule has 1 N–H and O–H groups in total. The Morgan fingerprint density at radius 2 is 2.38 bits per heavy atom. The quantitative estimate of drug-likeness (QED) is 0.756. The van der Waals surface area contributed by atoms with Gasteiger partial charge in [0, 0.05) is 6.54 Å². The van der Waals surface area contributed by atoms with Gasteiger partial charge in [0.15, 0.2) is 0 Å². The Labute approximate surface area is 97.3 Å². The highest BCUT2D eigenvalue weighted by atomic mass is 16.5. The lowest BCUT2D eigenvalue weighted by atomic mass is 10.0. The summed E-state index contributed by atoms with van der Waals surface area (Å²) in [6, 6.07) is 0.339. The Hall–Kier alpha value is -0.610. The number of amides is 1. The van der Waals surface area contributed by atoms with Crippen LogP contribution in [0.5, 0.6) is 0 Å². The van der Waals surface area contributed by atoms with Gasteiger partial charge in [0.1, 0.15) is 0 Å². The number of nitrogens with zero attached hydrogens (tertiary/aromatic N) is 1. The summed E-state index contributed by atoms with van der Waals surface area (Å²) in [5.41, 5.74) is 0. The lowest BCUT2D eigenvalue weighted by Crippen LogP contribution is -2.55. The molecule has 0 aromatic rings. The van der Waals surface area contributed by atoms with Gasteiger partial charge in [-0.2, -0.15) is 0 Å². The number of rotatable bonds is 2. The molecule has 4 heteroatoms. The minimum absolute atomic E-state index is 0.0564. The number of piperidine rings is 1. The van der Waals surface area contributed by atoms with E-state index in [0.29, 0.717) is 13.2 Å². The van der Waals surface area contributed by atoms with Crippen LogP contribution in [0.4, 0.5) is 0 Å². The van der Waals surface area contributed by atoms with Gasteiger partial charge >= 0.3 is 0 Å². The third-order valence-electron chi connectivity index (χ3n) is 3.59. The standard InChI is InChI=1S/C12H22N2O2/c1-2-10-9-16-8-7-14(10)12(15)11-5-3-4-6-13-11/h10-11,13H,2-9H2,1H3. The molecule has 2 aliphatic heterocycles. The zero-order chi connectivity index (χ0) is 11.4. The van der Waals surface area contributed by atoms with Crippen molar-refractivity contribution in [2.24, 2.45) is 0 Å². The second-order valence-corrected chi connectivity index (χ2v) is 4.67. The van der Waals surface area contributed by atoms with Crippen molar-refractivity contribution in [3.8, 4) is 0 Å². The number of carbonyl (C=O) groups excluding carboxylic acids is 1. The van der Waals surface area contributed by atoms with Crippen LogP contribution in [0.2, 0.25) is 0 Å². The van der Waals surface area contributed by atoms with Crippen LogP contribution in [0.25, 0.3) is 0 Å². The van der Waals surface area contributed by atoms with E-state index in [1.54, 1.807) is 0 Å². The highest BCUT2D eigenvalue weighted by molar-refractivity contribution is 5.82. The van der Waals surface area contributed by atoms with Gasteiger partial charge in [-0.05, 0) is 25.8 Å². The molecule has 2 saturated heterocycles. The average Bonchev–Trinajstić information content (AvgIpc) is 2.39. The van der Waals surface area contributed by atoms with Crippen molar-refractivity contribution in [1.82, 2.24) is 10.2 Å². The molecule has 92 valence electrons. The monoisotopic (exact) mass is 226 g/mol. The topological polar surface area (TPSA) is 41.6 Å². The third kappa shape index (κ3) is 2.55. The summed E-state index contributed by atoms with van der Waals surface area (Å²) in [5, 5.41) is 3.33. The Kier molecular flexibility index (Phi) is 4.18. The number of carbonyl (C=O) groups is 1. The number of morpholine rings is 1. The van der Waals surface area contributed by atoms with Crippen LogP contribution in [0, 0.1) is 0 Å². The van der Waals surface area contributed by atoms with Crippen molar-refractivity contribution < 1.29 is 9.53 Å². The molecule has 0 spiro atoms. The van der Waals surface area contributed by atoms with Gasteiger partial charge in [-0.15, -0.1) is 0 Å². The summed E-state index contributed by atoms with van der Waals surface area (Å²) >= 11 is 0. The summed E-state index contributed by atoms with van der Waals surface area (Å²) in [5.74, 6) is 0.287. The van der Waals surface area contributed by atoms with Gasteiger partial charge in [-0.3, -0.25) is 4.79 Å². The lowest BCUT2D eigenvalue weighted by Gasteiger charge is -2.38. The first-order valence-electron chi connectivity index (χ1n) is 6.44. The Morgan fingerprint density at radius 1 is 1.50 bits per heavy atom. The van der Waals surface area contributed by atoms with E-state index in [-0.39, 0.29) is 18.0 Å². The van der Waals surface area contributed by atoms with Crippen LogP contribution in [-0.2, 0) is 9.53 Å². The SMILES string of the molecule is CCC1COCCN1C(=O)C1CCCCN1. The van der Waals surface area contributed by atoms with E-state index < -0.39 is 0 Å². The van der Waals surface area contributed by atoms with Gasteiger partial charge in [-0.1, -0.05) is 13.3 Å². The molecule has 0 aliphatic carbocycles. The lowest BCUT2D eigenvalue weighted by molar-refractivity contribution is -0.142. The van der Waals surface area contributed by atoms with Crippen molar-refractivity contribution in [3.63, 3.8) is 0 Å². The number of hydrogen-bond acceptors (Lipinski definition) is 3. The van der Waals surface area contributed by atoms with E-state index in [1.807, 2.05) is 4.90 Å². The van der Waals surface area contributed by atoms with E-state index in [9.17, 15) is 4.79 Å². The molecular formula is C12H22N2O2. The highest BCUT2D eigenvalue weighted by Gasteiger charge is 2.31. The molecule has 16 heavy (non-hydrogen) atoms. The van der Waals surface area contributed by atoms with Gasteiger partial charge in [0.05, 0.1) is 25.3 Å². The molecule has 4 nitrogen and oxygen atoms in total. The van der Waals surface area contributed by atoms with Crippen molar-refractivity contribution in [3.05, 3.63) is 0 Å². The van der Waals surface area contributed by atoms with Gasteiger partial charge < -0.3 is 15.0 Å². The van der Waals surface area contributed by atoms with E-state index in [1.165, 1.54) is 12.8 Å². The Balaban J connectivity index is 1.95. The predicted molar refractivity (Wildman–Crippen MR) is 62.3 cm³/mol. The number of nitrogens with one attached hydrogen (secondary N) is 1. The summed E-state index contributed by atoms with van der Waals surface area (Å²) in [6.07, 6.45) is 4.35. The van der Waals surface area contributed by atoms with Crippen LogP contribution in [0.3, 0.4) is 0 Å². The summed E-state index contributed by atoms with van der Waals surface area (Å²) in [4.78, 5) is 14.4. The zero-order valence-corrected chi connectivity index (χ0v) is 10.1. The molecule has 2 atom stereocenters. The molecule has 2 unspecified atom stereocenters. The maximum atomic E-state index is 12.3. The first-order chi connectivity index (χ1) is 7.83. The fourth-order valence-electron chi connectivity index (χ4n) is 2.55. The van der Waals surface area contributed by atoms with Crippen LogP contribution in [-0.4, -0.2) is 49.2 Å². The largest absolute Gasteiger partial charge is 0.377 e. The maximum absolute atomic E-state index is 12.3. The molecule has 2 heterocycles. The van der Waals surface area contributed by atoms with E-state index >= 15 is 0 Å². The maximum Gasteiger partial charge on any atom is 0.240 e. The molecule has 0 aromatic carbocycles. The van der Waals surface area contributed by atoms with Gasteiger partial charge in [0.2, 0.25) is 5.91 Å². The van der Waals surface area contributed by atoms with E-state index in [2.05, 4.69) is 12.2 Å². The molecule has 0 aromatic heterocycles. The fourth-order valence-corrected chi connectivity index (χ4v) is 2.55. The number of hydrogen-bond donors (Lipinski definition) is 1. The summed E-state index contributed by atoms with van der Waals surface area (Å²) < 4.78 is 5.43. The Bertz CT molecular complexity index is 239. The Morgan fingerprint density at radius 3 is 3.06 bits per heavy atom. The first kappa shape index (κ1) is 11.9. The molecule has 2 rings (SSSR count). The van der Waals surface area contributed by atoms with Crippen LogP contribution >= 0.6 is 0 Å². The predicted octanol–water partition coefficient (Wildman–Crippen LogP) is 0.766. The van der Waals surface area contributed by atoms with Crippen molar-refractivity contribution in [2.45, 2.75) is 44.7 Å². The molecule has 0 bridgehead atoms. The van der Waals surface area contributed by atoms with Gasteiger partial charge in [0.25, 0.3) is 0 Å². The van der Waals surface area contributed by atoms with Gasteiger partial charge in [-0.25, -0.2) is 0 Å². The van der Waals surface area contributed by atoms with Crippen molar-refractivity contribution in [2.75, 3.05) is 26.3 Å². The van der Waals surface area contributed by atoms with Crippen LogP contribution < -0.4 is 5.32 Å². The second-order valence-electron chi connectivity index (χ2n) is 4.67. The first-order valence-corrected chi connectivity index (χ1v) is 6.44. The van der Waals surface area contributed by atoms with Crippen molar-refractivity contribution in [1.29, 1.82) is 0 Å². The second kappa shape index (κ2) is 5.64. The van der Waals surface area contributed by atoms with E-state index in [0.717, 1.165) is 25.9 Å². The highest BCUT2D eigenvalue weighted by Crippen LogP contribution is 2.15. The minimum Gasteiger partial charge on any atom is -0.377 e.